The van der Waals surface area contributed by atoms with E-state index in [0.717, 1.165) is 0 Å². The molecule has 0 amide bonds. The first-order valence-electron chi connectivity index (χ1n) is 3.58. The van der Waals surface area contributed by atoms with Crippen LogP contribution in [0.4, 0.5) is 0 Å². The Bertz CT molecular complexity index is 205. The maximum absolute atomic E-state index is 10.8. The number of nitriles is 1. The third-order valence-corrected chi connectivity index (χ3v) is 0.993. The average molecular weight is 169 g/mol. The molecule has 0 aromatic carbocycles. The first-order chi connectivity index (χ1) is 5.72. The number of rotatable bonds is 5. The van der Waals surface area contributed by atoms with Gasteiger partial charge in [-0.05, 0) is 13.5 Å². The van der Waals surface area contributed by atoms with E-state index in [9.17, 15) is 4.79 Å². The van der Waals surface area contributed by atoms with E-state index < -0.39 is 5.97 Å². The number of esters is 1. The highest BCUT2D eigenvalue weighted by atomic mass is 16.6. The molecule has 4 heteroatoms. The van der Waals surface area contributed by atoms with Crippen LogP contribution < -0.4 is 0 Å². The number of ether oxygens (including phenoxy) is 2. The minimum absolute atomic E-state index is 0.0490. The zero-order valence-electron chi connectivity index (χ0n) is 7.00. The molecule has 0 spiro atoms. The van der Waals surface area contributed by atoms with Gasteiger partial charge >= 0.3 is 5.97 Å². The van der Waals surface area contributed by atoms with E-state index in [0.29, 0.717) is 6.61 Å². The lowest BCUT2D eigenvalue weighted by atomic mass is 10.5. The molecule has 0 fully saturated rings. The Morgan fingerprint density at radius 3 is 2.75 bits per heavy atom. The maximum Gasteiger partial charge on any atom is 0.372 e. The molecule has 0 radical (unpaired) electrons. The van der Waals surface area contributed by atoms with Gasteiger partial charge in [0.05, 0.1) is 19.1 Å². The van der Waals surface area contributed by atoms with Crippen LogP contribution in [0.2, 0.25) is 0 Å². The first kappa shape index (κ1) is 10.5. The molecule has 4 nitrogen and oxygen atoms in total. The third kappa shape index (κ3) is 4.34. The molecule has 0 rings (SSSR count). The van der Waals surface area contributed by atoms with Gasteiger partial charge in [-0.1, -0.05) is 0 Å². The van der Waals surface area contributed by atoms with Gasteiger partial charge in [-0.25, -0.2) is 4.79 Å². The summed E-state index contributed by atoms with van der Waals surface area (Å²) in [6.07, 6.45) is 0.235. The number of hydrogen-bond donors (Lipinski definition) is 0. The Kier molecular flexibility index (Phi) is 5.45. The normalized spacial score (nSPS) is 8.33. The molecule has 0 atom stereocenters. The van der Waals surface area contributed by atoms with E-state index >= 15 is 0 Å². The van der Waals surface area contributed by atoms with Crippen LogP contribution in [-0.4, -0.2) is 19.2 Å². The van der Waals surface area contributed by atoms with Crippen molar-refractivity contribution in [3.63, 3.8) is 0 Å². The van der Waals surface area contributed by atoms with Gasteiger partial charge in [0.2, 0.25) is 0 Å². The Balaban J connectivity index is 3.59. The molecular weight excluding hydrogens is 158 g/mol. The second-order valence-electron chi connectivity index (χ2n) is 1.90. The quantitative estimate of drug-likeness (QED) is 0.266. The zero-order valence-corrected chi connectivity index (χ0v) is 7.00. The molecule has 12 heavy (non-hydrogen) atoms. The highest BCUT2D eigenvalue weighted by Gasteiger charge is 2.07. The monoisotopic (exact) mass is 169 g/mol. The summed E-state index contributed by atoms with van der Waals surface area (Å²) in [5, 5.41) is 8.15. The van der Waals surface area contributed by atoms with Crippen molar-refractivity contribution in [1.29, 1.82) is 5.26 Å². The molecule has 0 saturated heterocycles. The fourth-order valence-electron chi connectivity index (χ4n) is 0.490. The van der Waals surface area contributed by atoms with Crippen molar-refractivity contribution in [2.45, 2.75) is 13.3 Å². The van der Waals surface area contributed by atoms with E-state index in [4.69, 9.17) is 10.00 Å². The summed E-state index contributed by atoms with van der Waals surface area (Å²) in [4.78, 5) is 10.8. The molecule has 0 saturated carbocycles. The number of carbonyl (C=O) groups is 1. The van der Waals surface area contributed by atoms with Crippen LogP contribution in [0.25, 0.3) is 0 Å². The van der Waals surface area contributed by atoms with E-state index in [2.05, 4.69) is 11.3 Å². The van der Waals surface area contributed by atoms with Crippen molar-refractivity contribution >= 4 is 5.97 Å². The first-order valence-corrected chi connectivity index (χ1v) is 3.58. The molecule has 0 aliphatic carbocycles. The molecule has 0 N–H and O–H groups in total. The second kappa shape index (κ2) is 6.23. The molecular formula is C8H11NO3. The van der Waals surface area contributed by atoms with Gasteiger partial charge in [-0.15, -0.1) is 0 Å². The topological polar surface area (TPSA) is 59.3 Å². The van der Waals surface area contributed by atoms with Crippen LogP contribution in [0, 0.1) is 11.3 Å². The Morgan fingerprint density at radius 2 is 2.25 bits per heavy atom. The molecule has 0 unspecified atom stereocenters. The lowest BCUT2D eigenvalue weighted by Gasteiger charge is -2.05. The molecule has 0 bridgehead atoms. The van der Waals surface area contributed by atoms with Gasteiger partial charge in [0.1, 0.15) is 6.61 Å². The average Bonchev–Trinajstić information content (AvgIpc) is 2.05. The van der Waals surface area contributed by atoms with Crippen molar-refractivity contribution < 1.29 is 14.3 Å². The Hall–Kier alpha value is -1.50. The van der Waals surface area contributed by atoms with Crippen molar-refractivity contribution in [3.8, 4) is 6.07 Å². The van der Waals surface area contributed by atoms with E-state index in [1.807, 2.05) is 6.07 Å². The minimum Gasteiger partial charge on any atom is -0.486 e. The van der Waals surface area contributed by atoms with E-state index in [1.54, 1.807) is 6.92 Å². The summed E-state index contributed by atoms with van der Waals surface area (Å²) in [6, 6.07) is 1.88. The summed E-state index contributed by atoms with van der Waals surface area (Å²) in [7, 11) is 0. The van der Waals surface area contributed by atoms with Gasteiger partial charge < -0.3 is 9.47 Å². The number of nitrogens with zero attached hydrogens (tertiary/aromatic N) is 1. The van der Waals surface area contributed by atoms with Crippen molar-refractivity contribution in [1.82, 2.24) is 0 Å². The summed E-state index contributed by atoms with van der Waals surface area (Å²) >= 11 is 0. The molecule has 0 aliphatic heterocycles. The lowest BCUT2D eigenvalue weighted by molar-refractivity contribution is -0.142. The summed E-state index contributed by atoms with van der Waals surface area (Å²) in [6.45, 7) is 5.50. The second-order valence-corrected chi connectivity index (χ2v) is 1.90. The van der Waals surface area contributed by atoms with Crippen molar-refractivity contribution in [2.75, 3.05) is 13.2 Å². The summed E-state index contributed by atoms with van der Waals surface area (Å²) in [5.41, 5.74) is 0. The molecule has 0 aliphatic rings. The Morgan fingerprint density at radius 1 is 1.58 bits per heavy atom. The van der Waals surface area contributed by atoms with Crippen molar-refractivity contribution in [2.24, 2.45) is 0 Å². The van der Waals surface area contributed by atoms with Crippen LogP contribution in [-0.2, 0) is 14.3 Å². The van der Waals surface area contributed by atoms with E-state index in [1.165, 1.54) is 0 Å². The van der Waals surface area contributed by atoms with Crippen molar-refractivity contribution in [3.05, 3.63) is 12.3 Å². The fourth-order valence-corrected chi connectivity index (χ4v) is 0.490. The zero-order chi connectivity index (χ0) is 9.40. The number of carbonyl (C=O) groups excluding carboxylic acids is 1. The van der Waals surface area contributed by atoms with Gasteiger partial charge in [-0.3, -0.25) is 0 Å². The molecule has 66 valence electrons. The number of hydrogen-bond acceptors (Lipinski definition) is 4. The maximum atomic E-state index is 10.8. The summed E-state index contributed by atoms with van der Waals surface area (Å²) in [5.74, 6) is -0.623. The molecule has 0 aromatic rings. The van der Waals surface area contributed by atoms with Gasteiger partial charge in [0.25, 0.3) is 0 Å². The predicted octanol–water partition coefficient (Wildman–Crippen LogP) is 0.993. The standard InChI is InChI=1S/C8H11NO3/c1-3-11-8(10)7(2)12-6-4-5-9/h2-4,6H2,1H3. The van der Waals surface area contributed by atoms with Crippen LogP contribution in [0.1, 0.15) is 13.3 Å². The predicted molar refractivity (Wildman–Crippen MR) is 42.0 cm³/mol. The highest BCUT2D eigenvalue weighted by molar-refractivity contribution is 5.85. The minimum atomic E-state index is -0.574. The Labute approximate surface area is 71.4 Å². The third-order valence-electron chi connectivity index (χ3n) is 0.993. The van der Waals surface area contributed by atoms with Crippen LogP contribution >= 0.6 is 0 Å². The lowest BCUT2D eigenvalue weighted by Crippen LogP contribution is -2.09. The smallest absolute Gasteiger partial charge is 0.372 e. The van der Waals surface area contributed by atoms with Crippen LogP contribution in [0.3, 0.4) is 0 Å². The largest absolute Gasteiger partial charge is 0.486 e. The van der Waals surface area contributed by atoms with Gasteiger partial charge in [-0.2, -0.15) is 5.26 Å². The van der Waals surface area contributed by atoms with Crippen LogP contribution in [0.5, 0.6) is 0 Å². The molecule has 0 heterocycles. The van der Waals surface area contributed by atoms with Crippen LogP contribution in [0.15, 0.2) is 12.3 Å². The van der Waals surface area contributed by atoms with Gasteiger partial charge in [0.15, 0.2) is 5.76 Å². The summed E-state index contributed by atoms with van der Waals surface area (Å²) < 4.78 is 9.39. The fraction of sp³-hybridized carbons (Fsp3) is 0.500. The SMILES string of the molecule is C=C(OCCC#N)C(=O)OCC. The highest BCUT2D eigenvalue weighted by Crippen LogP contribution is 1.97. The molecule has 0 aromatic heterocycles. The van der Waals surface area contributed by atoms with Gasteiger partial charge in [0, 0.05) is 0 Å². The van der Waals surface area contributed by atoms with E-state index in [-0.39, 0.29) is 18.8 Å².